The second-order valence-corrected chi connectivity index (χ2v) is 3.66. The molecule has 0 unspecified atom stereocenters. The third kappa shape index (κ3) is 3.23. The first-order chi connectivity index (χ1) is 7.47. The fourth-order valence-electron chi connectivity index (χ4n) is 1.11. The summed E-state index contributed by atoms with van der Waals surface area (Å²) in [5, 5.41) is 1.93. The number of rotatable bonds is 4. The monoisotopic (exact) mass is 295 g/mol. The maximum absolute atomic E-state index is 13.4. The molecular weight excluding hydrogens is 287 g/mol. The highest BCUT2D eigenvalue weighted by Crippen LogP contribution is 2.28. The molecule has 2 nitrogen and oxygen atoms in total. The predicted octanol–water partition coefficient (Wildman–Crippen LogP) is 2.43. The minimum atomic E-state index is -3.41. The topological polar surface area (TPSA) is 29.1 Å². The van der Waals surface area contributed by atoms with Crippen LogP contribution < -0.4 is 5.32 Å². The minimum Gasteiger partial charge on any atom is -0.349 e. The molecule has 16 heavy (non-hydrogen) atoms. The van der Waals surface area contributed by atoms with Crippen molar-refractivity contribution in [1.29, 1.82) is 0 Å². The Balaban J connectivity index is 2.77. The van der Waals surface area contributed by atoms with Crippen molar-refractivity contribution in [2.24, 2.45) is 0 Å². The maximum Gasteiger partial charge on any atom is 0.292 e. The Bertz CT molecular complexity index is 384. The van der Waals surface area contributed by atoms with Gasteiger partial charge in [0.2, 0.25) is 5.91 Å². The van der Waals surface area contributed by atoms with Gasteiger partial charge >= 0.3 is 0 Å². The summed E-state index contributed by atoms with van der Waals surface area (Å²) in [6.45, 7) is -0.918. The lowest BCUT2D eigenvalue weighted by atomic mass is 10.1. The van der Waals surface area contributed by atoms with Gasteiger partial charge in [0.1, 0.15) is 5.82 Å². The van der Waals surface area contributed by atoms with E-state index in [1.807, 2.05) is 5.32 Å². The van der Waals surface area contributed by atoms with E-state index in [2.05, 4.69) is 15.9 Å². The van der Waals surface area contributed by atoms with Gasteiger partial charge in [0.05, 0.1) is 17.4 Å². The Morgan fingerprint density at radius 3 is 2.56 bits per heavy atom. The number of amides is 1. The number of nitrogens with one attached hydrogen (secondary N) is 1. The average molecular weight is 296 g/mol. The van der Waals surface area contributed by atoms with Crippen LogP contribution in [-0.4, -0.2) is 17.8 Å². The fourth-order valence-corrected chi connectivity index (χ4v) is 1.31. The highest BCUT2D eigenvalue weighted by Gasteiger charge is 2.34. The third-order valence-electron chi connectivity index (χ3n) is 1.90. The van der Waals surface area contributed by atoms with Crippen molar-refractivity contribution in [1.82, 2.24) is 5.32 Å². The summed E-state index contributed by atoms with van der Waals surface area (Å²) in [6, 6.07) is 4.59. The number of hydrogen-bond acceptors (Lipinski definition) is 1. The van der Waals surface area contributed by atoms with Crippen LogP contribution in [0.15, 0.2) is 24.3 Å². The number of carbonyl (C=O) groups is 1. The van der Waals surface area contributed by atoms with Crippen molar-refractivity contribution in [3.8, 4) is 0 Å². The summed E-state index contributed by atoms with van der Waals surface area (Å²) in [6.07, 6.45) is 0. The van der Waals surface area contributed by atoms with Crippen molar-refractivity contribution in [2.75, 3.05) is 11.9 Å². The van der Waals surface area contributed by atoms with Gasteiger partial charge in [-0.25, -0.2) is 4.39 Å². The lowest BCUT2D eigenvalue weighted by molar-refractivity contribution is -0.120. The second-order valence-electron chi connectivity index (χ2n) is 3.09. The normalized spacial score (nSPS) is 11.2. The number of halogens is 4. The molecular formula is C10H9BrF3NO. The lowest BCUT2D eigenvalue weighted by Crippen LogP contribution is -2.36. The van der Waals surface area contributed by atoms with Gasteiger partial charge in [0, 0.05) is 0 Å². The van der Waals surface area contributed by atoms with Crippen LogP contribution >= 0.6 is 15.9 Å². The van der Waals surface area contributed by atoms with Crippen molar-refractivity contribution < 1.29 is 18.0 Å². The first kappa shape index (κ1) is 13.0. The predicted molar refractivity (Wildman–Crippen MR) is 57.1 cm³/mol. The zero-order chi connectivity index (χ0) is 12.2. The van der Waals surface area contributed by atoms with E-state index in [-0.39, 0.29) is 5.33 Å². The summed E-state index contributed by atoms with van der Waals surface area (Å²) < 4.78 is 40.0. The smallest absolute Gasteiger partial charge is 0.292 e. The van der Waals surface area contributed by atoms with E-state index in [1.54, 1.807) is 0 Å². The Labute approximate surface area is 99.0 Å². The van der Waals surface area contributed by atoms with Crippen LogP contribution in [0, 0.1) is 5.82 Å². The van der Waals surface area contributed by atoms with Crippen LogP contribution in [0.25, 0.3) is 0 Å². The van der Waals surface area contributed by atoms with Gasteiger partial charge in [-0.3, -0.25) is 4.79 Å². The van der Waals surface area contributed by atoms with Gasteiger partial charge in [0.25, 0.3) is 5.92 Å². The molecule has 1 aromatic rings. The van der Waals surface area contributed by atoms with Gasteiger partial charge in [-0.1, -0.05) is 34.1 Å². The van der Waals surface area contributed by atoms with Gasteiger partial charge in [-0.05, 0) is 6.07 Å². The van der Waals surface area contributed by atoms with Crippen molar-refractivity contribution in [3.05, 3.63) is 35.6 Å². The molecule has 0 aliphatic carbocycles. The summed E-state index contributed by atoms with van der Waals surface area (Å²) >= 11 is 2.82. The quantitative estimate of drug-likeness (QED) is 0.850. The Kier molecular flexibility index (Phi) is 4.35. The summed E-state index contributed by atoms with van der Waals surface area (Å²) in [5.41, 5.74) is -0.718. The number of benzene rings is 1. The first-order valence-corrected chi connectivity index (χ1v) is 5.55. The van der Waals surface area contributed by atoms with Crippen LogP contribution in [-0.2, 0) is 10.7 Å². The molecule has 1 rings (SSSR count). The summed E-state index contributed by atoms with van der Waals surface area (Å²) in [5.74, 6) is -4.97. The molecule has 0 saturated carbocycles. The number of alkyl halides is 3. The van der Waals surface area contributed by atoms with E-state index in [4.69, 9.17) is 0 Å². The molecule has 6 heteroatoms. The van der Waals surface area contributed by atoms with Crippen molar-refractivity contribution in [3.63, 3.8) is 0 Å². The molecule has 0 aliphatic rings. The molecule has 1 N–H and O–H groups in total. The van der Waals surface area contributed by atoms with Gasteiger partial charge in [-0.15, -0.1) is 0 Å². The van der Waals surface area contributed by atoms with Gasteiger partial charge < -0.3 is 5.32 Å². The van der Waals surface area contributed by atoms with Gasteiger partial charge in [-0.2, -0.15) is 8.78 Å². The van der Waals surface area contributed by atoms with Gasteiger partial charge in [0.15, 0.2) is 0 Å². The SMILES string of the molecule is O=C(CBr)NCC(F)(F)c1ccccc1F. The van der Waals surface area contributed by atoms with E-state index in [0.29, 0.717) is 0 Å². The Hall–Kier alpha value is -1.04. The molecule has 1 aromatic carbocycles. The number of carbonyl (C=O) groups excluding carboxylic acids is 1. The van der Waals surface area contributed by atoms with Crippen molar-refractivity contribution in [2.45, 2.75) is 5.92 Å². The van der Waals surface area contributed by atoms with E-state index >= 15 is 0 Å². The standard InChI is InChI=1S/C10H9BrF3NO/c11-5-9(16)15-6-10(13,14)7-3-1-2-4-8(7)12/h1-4H,5-6H2,(H,15,16). The second kappa shape index (κ2) is 5.34. The van der Waals surface area contributed by atoms with Crippen LogP contribution in [0.2, 0.25) is 0 Å². The minimum absolute atomic E-state index is 0.0691. The zero-order valence-corrected chi connectivity index (χ0v) is 9.73. The van der Waals surface area contributed by atoms with E-state index in [1.165, 1.54) is 12.1 Å². The zero-order valence-electron chi connectivity index (χ0n) is 8.14. The highest BCUT2D eigenvalue weighted by atomic mass is 79.9. The van der Waals surface area contributed by atoms with Crippen LogP contribution in [0.1, 0.15) is 5.56 Å². The molecule has 0 radical (unpaired) electrons. The molecule has 0 spiro atoms. The lowest BCUT2D eigenvalue weighted by Gasteiger charge is -2.17. The van der Waals surface area contributed by atoms with E-state index in [9.17, 15) is 18.0 Å². The highest BCUT2D eigenvalue weighted by molar-refractivity contribution is 9.09. The van der Waals surface area contributed by atoms with Crippen molar-refractivity contribution >= 4 is 21.8 Å². The number of hydrogen-bond donors (Lipinski definition) is 1. The molecule has 0 aromatic heterocycles. The fraction of sp³-hybridized carbons (Fsp3) is 0.300. The molecule has 0 atom stereocenters. The molecule has 88 valence electrons. The Morgan fingerprint density at radius 2 is 2.00 bits per heavy atom. The largest absolute Gasteiger partial charge is 0.349 e. The molecule has 0 fully saturated rings. The van der Waals surface area contributed by atoms with E-state index in [0.717, 1.165) is 12.1 Å². The molecule has 0 saturated heterocycles. The molecule has 0 bridgehead atoms. The average Bonchev–Trinajstić information content (AvgIpc) is 2.26. The Morgan fingerprint density at radius 1 is 1.38 bits per heavy atom. The summed E-state index contributed by atoms with van der Waals surface area (Å²) in [4.78, 5) is 10.8. The van der Waals surface area contributed by atoms with Crippen LogP contribution in [0.5, 0.6) is 0 Å². The van der Waals surface area contributed by atoms with E-state index < -0.39 is 29.8 Å². The molecule has 1 amide bonds. The third-order valence-corrected chi connectivity index (χ3v) is 2.41. The van der Waals surface area contributed by atoms with Crippen LogP contribution in [0.3, 0.4) is 0 Å². The molecule has 0 heterocycles. The summed E-state index contributed by atoms with van der Waals surface area (Å²) in [7, 11) is 0. The maximum atomic E-state index is 13.4. The first-order valence-electron chi connectivity index (χ1n) is 4.43. The molecule has 0 aliphatic heterocycles. The van der Waals surface area contributed by atoms with Crippen LogP contribution in [0.4, 0.5) is 13.2 Å².